The molecule has 1 fully saturated rings. The molecule has 5 rings (SSSR count). The first-order valence-corrected chi connectivity index (χ1v) is 13.8. The Morgan fingerprint density at radius 1 is 1.14 bits per heavy atom. The average molecular weight is 583 g/mol. The lowest BCUT2D eigenvalue weighted by Gasteiger charge is -2.28. The van der Waals surface area contributed by atoms with E-state index in [4.69, 9.17) is 15.0 Å². The zero-order valence-electron chi connectivity index (χ0n) is 24.1. The van der Waals surface area contributed by atoms with Gasteiger partial charge in [-0.1, -0.05) is 47.6 Å². The van der Waals surface area contributed by atoms with Crippen LogP contribution in [0.15, 0.2) is 84.1 Å². The number of aromatic nitrogens is 1. The van der Waals surface area contributed by atoms with E-state index in [1.54, 1.807) is 35.4 Å². The van der Waals surface area contributed by atoms with E-state index in [1.165, 1.54) is 11.0 Å². The fourth-order valence-corrected chi connectivity index (χ4v) is 4.88. The molecule has 43 heavy (non-hydrogen) atoms. The number of ether oxygens (including phenoxy) is 2. The summed E-state index contributed by atoms with van der Waals surface area (Å²) in [7, 11) is 0. The van der Waals surface area contributed by atoms with Gasteiger partial charge in [-0.2, -0.15) is 0 Å². The van der Waals surface area contributed by atoms with Crippen molar-refractivity contribution >= 4 is 28.8 Å². The van der Waals surface area contributed by atoms with Crippen molar-refractivity contribution in [3.8, 4) is 11.1 Å². The summed E-state index contributed by atoms with van der Waals surface area (Å²) in [5.41, 5.74) is 11.8. The Morgan fingerprint density at radius 3 is 2.63 bits per heavy atom. The Balaban J connectivity index is 1.34. The number of rotatable bonds is 8. The van der Waals surface area contributed by atoms with Gasteiger partial charge < -0.3 is 9.47 Å². The molecule has 2 heterocycles. The number of pyridine rings is 1. The smallest absolute Gasteiger partial charge is 0.414 e. The van der Waals surface area contributed by atoms with Crippen molar-refractivity contribution in [1.29, 1.82) is 0 Å². The maximum Gasteiger partial charge on any atom is 0.414 e. The van der Waals surface area contributed by atoms with Gasteiger partial charge in [0.25, 0.3) is 0 Å². The SMILES string of the molecule is CC(C)(C)OC(=O)N(Cc1ccc(-c2ccc(N3C[C@H](CN=[N+]=[N-])OC3=O)cc2F)cc1)Cc1ccnc2ccccc12. The van der Waals surface area contributed by atoms with Gasteiger partial charge in [0.05, 0.1) is 30.8 Å². The molecular formula is C32H31FN6O4. The summed E-state index contributed by atoms with van der Waals surface area (Å²) in [5.74, 6) is -0.503. The second-order valence-electron chi connectivity index (χ2n) is 11.2. The van der Waals surface area contributed by atoms with Crippen LogP contribution in [0, 0.1) is 5.82 Å². The van der Waals surface area contributed by atoms with Gasteiger partial charge in [0.15, 0.2) is 0 Å². The lowest BCUT2D eigenvalue weighted by Crippen LogP contribution is -2.36. The van der Waals surface area contributed by atoms with Crippen LogP contribution in [0.1, 0.15) is 31.9 Å². The first-order valence-electron chi connectivity index (χ1n) is 13.8. The highest BCUT2D eigenvalue weighted by molar-refractivity contribution is 5.90. The van der Waals surface area contributed by atoms with Crippen molar-refractivity contribution in [2.24, 2.45) is 5.11 Å². The zero-order chi connectivity index (χ0) is 30.6. The second kappa shape index (κ2) is 12.4. The van der Waals surface area contributed by atoms with E-state index < -0.39 is 29.7 Å². The molecule has 0 aliphatic carbocycles. The van der Waals surface area contributed by atoms with Crippen LogP contribution in [-0.2, 0) is 22.6 Å². The third kappa shape index (κ3) is 7.02. The summed E-state index contributed by atoms with van der Waals surface area (Å²) in [6.07, 6.45) is 0.0785. The largest absolute Gasteiger partial charge is 0.444 e. The van der Waals surface area contributed by atoms with Gasteiger partial charge in [-0.25, -0.2) is 14.0 Å². The number of cyclic esters (lactones) is 1. The first kappa shape index (κ1) is 29.3. The number of amides is 2. The Hall–Kier alpha value is -5.15. The van der Waals surface area contributed by atoms with Crippen molar-refractivity contribution in [3.63, 3.8) is 0 Å². The van der Waals surface area contributed by atoms with Gasteiger partial charge in [-0.3, -0.25) is 14.8 Å². The summed E-state index contributed by atoms with van der Waals surface area (Å²) in [4.78, 5) is 35.6. The maximum absolute atomic E-state index is 15.2. The number of benzene rings is 3. The minimum Gasteiger partial charge on any atom is -0.444 e. The van der Waals surface area contributed by atoms with Gasteiger partial charge >= 0.3 is 12.2 Å². The number of para-hydroxylation sites is 1. The normalized spacial score (nSPS) is 14.7. The second-order valence-corrected chi connectivity index (χ2v) is 11.2. The summed E-state index contributed by atoms with van der Waals surface area (Å²) >= 11 is 0. The van der Waals surface area contributed by atoms with Gasteiger partial charge in [0.2, 0.25) is 0 Å². The Morgan fingerprint density at radius 2 is 1.91 bits per heavy atom. The van der Waals surface area contributed by atoms with Crippen LogP contribution >= 0.6 is 0 Å². The van der Waals surface area contributed by atoms with Crippen LogP contribution in [0.3, 0.4) is 0 Å². The molecule has 220 valence electrons. The van der Waals surface area contributed by atoms with Crippen LogP contribution in [0.25, 0.3) is 32.5 Å². The molecule has 1 aliphatic heterocycles. The van der Waals surface area contributed by atoms with Crippen molar-refractivity contribution in [3.05, 3.63) is 106 Å². The molecule has 0 saturated carbocycles. The van der Waals surface area contributed by atoms with Crippen molar-refractivity contribution in [1.82, 2.24) is 9.88 Å². The third-order valence-electron chi connectivity index (χ3n) is 6.88. The lowest BCUT2D eigenvalue weighted by molar-refractivity contribution is 0.0217. The molecule has 0 bridgehead atoms. The number of azide groups is 1. The molecule has 1 aromatic heterocycles. The van der Waals surface area contributed by atoms with Crippen molar-refractivity contribution < 1.29 is 23.5 Å². The van der Waals surface area contributed by atoms with E-state index in [0.717, 1.165) is 22.0 Å². The van der Waals surface area contributed by atoms with Gasteiger partial charge in [0, 0.05) is 28.6 Å². The molecule has 10 nitrogen and oxygen atoms in total. The molecule has 4 aromatic rings. The van der Waals surface area contributed by atoms with E-state index in [-0.39, 0.29) is 19.6 Å². The zero-order valence-corrected chi connectivity index (χ0v) is 24.1. The summed E-state index contributed by atoms with van der Waals surface area (Å²) in [5, 5.41) is 4.40. The summed E-state index contributed by atoms with van der Waals surface area (Å²) in [6.45, 7) is 6.25. The molecule has 1 aliphatic rings. The number of halogens is 1. The highest BCUT2D eigenvalue weighted by Gasteiger charge is 2.32. The number of carbonyl (C=O) groups is 2. The number of carbonyl (C=O) groups excluding carboxylic acids is 2. The Bertz CT molecular complexity index is 1690. The number of fused-ring (bicyclic) bond motifs is 1. The molecule has 0 radical (unpaired) electrons. The molecule has 3 aromatic carbocycles. The molecular weight excluding hydrogens is 551 g/mol. The van der Waals surface area contributed by atoms with E-state index in [2.05, 4.69) is 15.0 Å². The van der Waals surface area contributed by atoms with Crippen LogP contribution in [-0.4, -0.2) is 46.9 Å². The predicted molar refractivity (Wildman–Crippen MR) is 161 cm³/mol. The van der Waals surface area contributed by atoms with E-state index >= 15 is 4.39 Å². The summed E-state index contributed by atoms with van der Waals surface area (Å²) in [6, 6.07) is 21.5. The molecule has 2 amide bonds. The molecule has 1 atom stereocenters. The predicted octanol–water partition coefficient (Wildman–Crippen LogP) is 7.61. The number of anilines is 1. The van der Waals surface area contributed by atoms with Crippen LogP contribution in [0.2, 0.25) is 0 Å². The lowest BCUT2D eigenvalue weighted by atomic mass is 10.0. The Kier molecular flexibility index (Phi) is 8.45. The molecule has 0 spiro atoms. The van der Waals surface area contributed by atoms with Crippen LogP contribution in [0.5, 0.6) is 0 Å². The van der Waals surface area contributed by atoms with Gasteiger partial charge in [-0.05, 0) is 73.3 Å². The van der Waals surface area contributed by atoms with Gasteiger partial charge in [0.1, 0.15) is 17.5 Å². The van der Waals surface area contributed by atoms with Crippen LogP contribution in [0.4, 0.5) is 19.7 Å². The van der Waals surface area contributed by atoms with Crippen molar-refractivity contribution in [2.75, 3.05) is 18.0 Å². The minimum absolute atomic E-state index is 0.0101. The quantitative estimate of drug-likeness (QED) is 0.120. The molecule has 11 heteroatoms. The van der Waals surface area contributed by atoms with E-state index in [0.29, 0.717) is 23.4 Å². The average Bonchev–Trinajstić information content (AvgIpc) is 3.35. The Labute approximate surface area is 248 Å². The van der Waals surface area contributed by atoms with E-state index in [9.17, 15) is 9.59 Å². The van der Waals surface area contributed by atoms with Gasteiger partial charge in [-0.15, -0.1) is 0 Å². The summed E-state index contributed by atoms with van der Waals surface area (Å²) < 4.78 is 26.1. The topological polar surface area (TPSA) is 121 Å². The molecule has 1 saturated heterocycles. The highest BCUT2D eigenvalue weighted by atomic mass is 19.1. The van der Waals surface area contributed by atoms with Crippen LogP contribution < -0.4 is 4.90 Å². The maximum atomic E-state index is 15.2. The van der Waals surface area contributed by atoms with Crippen molar-refractivity contribution in [2.45, 2.75) is 45.6 Å². The number of hydrogen-bond donors (Lipinski definition) is 0. The minimum atomic E-state index is -0.666. The standard InChI is InChI=1S/C32H31FN6O4/c1-32(2,3)43-30(40)38(19-23-14-15-35-29-7-5-4-6-27(23)29)18-21-8-10-22(11-9-21)26-13-12-24(16-28(26)33)39-20-25(17-36-37-34)42-31(39)41/h4-16,25H,17-20H2,1-3H3/t25-/m0/s1. The molecule has 0 unspecified atom stereocenters. The fourth-order valence-electron chi connectivity index (χ4n) is 4.88. The number of hydrogen-bond acceptors (Lipinski definition) is 6. The first-order chi connectivity index (χ1) is 20.6. The highest BCUT2D eigenvalue weighted by Crippen LogP contribution is 2.30. The monoisotopic (exact) mass is 582 g/mol. The number of nitrogens with zero attached hydrogens (tertiary/aromatic N) is 6. The fraction of sp³-hybridized carbons (Fsp3) is 0.281. The van der Waals surface area contributed by atoms with E-state index in [1.807, 2.05) is 63.2 Å². The molecule has 0 N–H and O–H groups in total. The third-order valence-corrected chi connectivity index (χ3v) is 6.88.